The molecule has 0 saturated heterocycles. The van der Waals surface area contributed by atoms with Crippen molar-refractivity contribution in [2.24, 2.45) is 11.7 Å². The van der Waals surface area contributed by atoms with E-state index in [2.05, 4.69) is 0 Å². The predicted molar refractivity (Wildman–Crippen MR) is 69.4 cm³/mol. The fourth-order valence-corrected chi connectivity index (χ4v) is 3.11. The SMILES string of the molecule is CCN(c1c(F)c(F)c(F)c(F)c1F)C1CCCC1CN. The largest absolute Gasteiger partial charge is 0.364 e. The van der Waals surface area contributed by atoms with E-state index in [9.17, 15) is 22.0 Å². The van der Waals surface area contributed by atoms with Crippen LogP contribution in [0.3, 0.4) is 0 Å². The van der Waals surface area contributed by atoms with Crippen molar-refractivity contribution < 1.29 is 22.0 Å². The van der Waals surface area contributed by atoms with E-state index >= 15 is 0 Å². The third-order valence-corrected chi connectivity index (χ3v) is 4.14. The van der Waals surface area contributed by atoms with E-state index < -0.39 is 34.8 Å². The number of halogens is 5. The lowest BCUT2D eigenvalue weighted by atomic mass is 10.0. The van der Waals surface area contributed by atoms with Crippen LogP contribution in [0.4, 0.5) is 27.6 Å². The lowest BCUT2D eigenvalue weighted by Crippen LogP contribution is -2.41. The molecule has 2 nitrogen and oxygen atoms in total. The van der Waals surface area contributed by atoms with E-state index in [4.69, 9.17) is 5.73 Å². The smallest absolute Gasteiger partial charge is 0.200 e. The average molecular weight is 308 g/mol. The summed E-state index contributed by atoms with van der Waals surface area (Å²) >= 11 is 0. The molecule has 2 rings (SSSR count). The molecule has 2 N–H and O–H groups in total. The lowest BCUT2D eigenvalue weighted by molar-refractivity contribution is 0.371. The highest BCUT2D eigenvalue weighted by Gasteiger charge is 2.36. The summed E-state index contributed by atoms with van der Waals surface area (Å²) in [6, 6.07) is -0.312. The molecular formula is C14H17F5N2. The summed E-state index contributed by atoms with van der Waals surface area (Å²) in [5.74, 6) is -9.53. The van der Waals surface area contributed by atoms with Crippen LogP contribution in [0.15, 0.2) is 0 Å². The molecule has 2 unspecified atom stereocenters. The topological polar surface area (TPSA) is 29.3 Å². The Bertz CT molecular complexity index is 506. The van der Waals surface area contributed by atoms with Gasteiger partial charge >= 0.3 is 0 Å². The average Bonchev–Trinajstić information content (AvgIpc) is 2.95. The molecule has 0 bridgehead atoms. The van der Waals surface area contributed by atoms with Crippen molar-refractivity contribution in [3.63, 3.8) is 0 Å². The molecule has 7 heteroatoms. The molecule has 1 aromatic carbocycles. The summed E-state index contributed by atoms with van der Waals surface area (Å²) in [7, 11) is 0. The van der Waals surface area contributed by atoms with E-state index in [0.29, 0.717) is 13.0 Å². The minimum atomic E-state index is -2.13. The first kappa shape index (κ1) is 16.0. The zero-order chi connectivity index (χ0) is 15.7. The van der Waals surface area contributed by atoms with Gasteiger partial charge in [0.05, 0.1) is 0 Å². The first-order chi connectivity index (χ1) is 9.93. The highest BCUT2D eigenvalue weighted by molar-refractivity contribution is 5.51. The third kappa shape index (κ3) is 2.59. The Labute approximate surface area is 119 Å². The molecule has 21 heavy (non-hydrogen) atoms. The number of hydrogen-bond acceptors (Lipinski definition) is 2. The monoisotopic (exact) mass is 308 g/mol. The number of anilines is 1. The van der Waals surface area contributed by atoms with Crippen molar-refractivity contribution in [3.05, 3.63) is 29.1 Å². The van der Waals surface area contributed by atoms with Crippen LogP contribution in [-0.4, -0.2) is 19.1 Å². The Morgan fingerprint density at radius 1 is 0.952 bits per heavy atom. The summed E-state index contributed by atoms with van der Waals surface area (Å²) in [6.45, 7) is 2.07. The van der Waals surface area contributed by atoms with Crippen LogP contribution in [0.25, 0.3) is 0 Å². The van der Waals surface area contributed by atoms with Gasteiger partial charge in [-0.15, -0.1) is 0 Å². The molecule has 1 saturated carbocycles. The van der Waals surface area contributed by atoms with Gasteiger partial charge in [0.25, 0.3) is 0 Å². The Balaban J connectivity index is 2.53. The maximum Gasteiger partial charge on any atom is 0.200 e. The van der Waals surface area contributed by atoms with Gasteiger partial charge in [-0.05, 0) is 32.2 Å². The van der Waals surface area contributed by atoms with E-state index in [1.54, 1.807) is 6.92 Å². The first-order valence-corrected chi connectivity index (χ1v) is 6.92. The Morgan fingerprint density at radius 2 is 1.48 bits per heavy atom. The van der Waals surface area contributed by atoms with Gasteiger partial charge in [0.15, 0.2) is 23.3 Å². The van der Waals surface area contributed by atoms with Gasteiger partial charge in [0.2, 0.25) is 5.82 Å². The number of benzene rings is 1. The van der Waals surface area contributed by atoms with Crippen LogP contribution in [-0.2, 0) is 0 Å². The molecule has 0 aromatic heterocycles. The van der Waals surface area contributed by atoms with Gasteiger partial charge in [-0.1, -0.05) is 6.42 Å². The minimum Gasteiger partial charge on any atom is -0.364 e. The zero-order valence-corrected chi connectivity index (χ0v) is 11.6. The zero-order valence-electron chi connectivity index (χ0n) is 11.6. The van der Waals surface area contributed by atoms with E-state index in [-0.39, 0.29) is 18.5 Å². The van der Waals surface area contributed by atoms with Crippen LogP contribution in [0.2, 0.25) is 0 Å². The quantitative estimate of drug-likeness (QED) is 0.525. The Kier molecular flexibility index (Phi) is 4.70. The van der Waals surface area contributed by atoms with Crippen LogP contribution >= 0.6 is 0 Å². The molecule has 2 atom stereocenters. The fraction of sp³-hybridized carbons (Fsp3) is 0.571. The summed E-state index contributed by atoms with van der Waals surface area (Å²) in [6.07, 6.45) is 2.22. The lowest BCUT2D eigenvalue weighted by Gasteiger charge is -2.34. The molecule has 1 aliphatic rings. The first-order valence-electron chi connectivity index (χ1n) is 6.92. The normalized spacial score (nSPS) is 21.9. The summed E-state index contributed by atoms with van der Waals surface area (Å²) in [5, 5.41) is 0. The fourth-order valence-electron chi connectivity index (χ4n) is 3.11. The molecular weight excluding hydrogens is 291 g/mol. The van der Waals surface area contributed by atoms with Crippen LogP contribution in [0.1, 0.15) is 26.2 Å². The van der Waals surface area contributed by atoms with Gasteiger partial charge in [-0.3, -0.25) is 0 Å². The number of hydrogen-bond donors (Lipinski definition) is 1. The van der Waals surface area contributed by atoms with Crippen molar-refractivity contribution in [3.8, 4) is 0 Å². The van der Waals surface area contributed by atoms with Gasteiger partial charge < -0.3 is 10.6 Å². The maximum atomic E-state index is 13.9. The van der Waals surface area contributed by atoms with Gasteiger partial charge in [-0.2, -0.15) is 0 Å². The van der Waals surface area contributed by atoms with Gasteiger partial charge in [-0.25, -0.2) is 22.0 Å². The predicted octanol–water partition coefficient (Wildman–Crippen LogP) is 3.34. The van der Waals surface area contributed by atoms with E-state index in [1.807, 2.05) is 0 Å². The van der Waals surface area contributed by atoms with Gasteiger partial charge in [0, 0.05) is 12.6 Å². The second-order valence-corrected chi connectivity index (χ2v) is 5.20. The molecule has 0 amide bonds. The highest BCUT2D eigenvalue weighted by atomic mass is 19.2. The molecule has 0 aliphatic heterocycles. The summed E-state index contributed by atoms with van der Waals surface area (Å²) in [4.78, 5) is 1.25. The summed E-state index contributed by atoms with van der Waals surface area (Å²) in [5.41, 5.74) is 4.78. The van der Waals surface area contributed by atoms with Crippen molar-refractivity contribution in [1.29, 1.82) is 0 Å². The molecule has 0 heterocycles. The summed E-state index contributed by atoms with van der Waals surface area (Å²) < 4.78 is 67.7. The molecule has 1 fully saturated rings. The van der Waals surface area contributed by atoms with E-state index in [1.165, 1.54) is 4.90 Å². The second-order valence-electron chi connectivity index (χ2n) is 5.20. The number of nitrogens with zero attached hydrogens (tertiary/aromatic N) is 1. The van der Waals surface area contributed by atoms with Crippen molar-refractivity contribution in [2.75, 3.05) is 18.0 Å². The standard InChI is InChI=1S/C14H17F5N2/c1-2-21(8-5-3-4-7(8)6-20)14-12(18)10(16)9(15)11(17)13(14)19/h7-8H,2-6,20H2,1H3. The molecule has 0 radical (unpaired) electrons. The van der Waals surface area contributed by atoms with E-state index in [0.717, 1.165) is 12.8 Å². The van der Waals surface area contributed by atoms with Crippen molar-refractivity contribution in [2.45, 2.75) is 32.2 Å². The Morgan fingerprint density at radius 3 is 1.95 bits per heavy atom. The molecule has 118 valence electrons. The second kappa shape index (κ2) is 6.17. The van der Waals surface area contributed by atoms with Crippen LogP contribution in [0.5, 0.6) is 0 Å². The van der Waals surface area contributed by atoms with Crippen molar-refractivity contribution in [1.82, 2.24) is 0 Å². The van der Waals surface area contributed by atoms with Crippen LogP contribution in [0, 0.1) is 35.0 Å². The number of rotatable bonds is 4. The highest BCUT2D eigenvalue weighted by Crippen LogP contribution is 2.37. The molecule has 0 spiro atoms. The molecule has 1 aliphatic carbocycles. The third-order valence-electron chi connectivity index (χ3n) is 4.14. The van der Waals surface area contributed by atoms with Crippen LogP contribution < -0.4 is 10.6 Å². The molecule has 1 aromatic rings. The van der Waals surface area contributed by atoms with Gasteiger partial charge in [0.1, 0.15) is 5.69 Å². The van der Waals surface area contributed by atoms with Crippen molar-refractivity contribution >= 4 is 5.69 Å². The maximum absolute atomic E-state index is 13.9. The Hall–Kier alpha value is -1.37. The minimum absolute atomic E-state index is 0.0140. The number of nitrogens with two attached hydrogens (primary N) is 1.